The second-order valence-electron chi connectivity index (χ2n) is 4.58. The third-order valence-electron chi connectivity index (χ3n) is 3.00. The molecule has 1 N–H and O–H groups in total. The fourth-order valence-corrected chi connectivity index (χ4v) is 2.82. The molecular weight excluding hydrogens is 403 g/mol. The maximum Gasteiger partial charge on any atom is 0.277 e. The van der Waals surface area contributed by atoms with Gasteiger partial charge in [0.1, 0.15) is 0 Å². The van der Waals surface area contributed by atoms with E-state index in [0.29, 0.717) is 15.7 Å². The van der Waals surface area contributed by atoms with Crippen LogP contribution in [0.25, 0.3) is 5.69 Å². The van der Waals surface area contributed by atoms with E-state index in [2.05, 4.69) is 31.6 Å². The van der Waals surface area contributed by atoms with Gasteiger partial charge in [0.05, 0.1) is 22.6 Å². The molecule has 0 atom stereocenters. The molecule has 0 spiro atoms. The van der Waals surface area contributed by atoms with Crippen molar-refractivity contribution >= 4 is 50.7 Å². The zero-order chi connectivity index (χ0) is 16.4. The summed E-state index contributed by atoms with van der Waals surface area (Å²) in [6.45, 7) is 0. The second kappa shape index (κ2) is 6.70. The van der Waals surface area contributed by atoms with E-state index in [4.69, 9.17) is 23.2 Å². The van der Waals surface area contributed by atoms with Gasteiger partial charge in [-0.25, -0.2) is 4.68 Å². The van der Waals surface area contributed by atoms with Gasteiger partial charge in [-0.05, 0) is 46.3 Å². The lowest BCUT2D eigenvalue weighted by molar-refractivity contribution is 0.102. The Hall–Kier alpha value is -1.89. The number of hydrogen-bond acceptors (Lipinski definition) is 3. The third-order valence-corrected chi connectivity index (χ3v) is 4.22. The molecule has 116 valence electrons. The van der Waals surface area contributed by atoms with Crippen LogP contribution in [0.1, 0.15) is 10.5 Å². The highest BCUT2D eigenvalue weighted by Crippen LogP contribution is 2.26. The van der Waals surface area contributed by atoms with Gasteiger partial charge in [0.15, 0.2) is 5.69 Å². The summed E-state index contributed by atoms with van der Waals surface area (Å²) in [5.74, 6) is -0.410. The SMILES string of the molecule is O=C(Nc1ccc(Cl)cc1Cl)c1cn(-c2ccccc2Br)nn1. The maximum absolute atomic E-state index is 12.3. The van der Waals surface area contributed by atoms with Crippen LogP contribution in [0.5, 0.6) is 0 Å². The molecule has 1 aromatic heterocycles. The lowest BCUT2D eigenvalue weighted by Crippen LogP contribution is -2.12. The first-order chi connectivity index (χ1) is 11.0. The summed E-state index contributed by atoms with van der Waals surface area (Å²) in [5.41, 5.74) is 1.41. The topological polar surface area (TPSA) is 59.8 Å². The van der Waals surface area contributed by atoms with Crippen molar-refractivity contribution < 1.29 is 4.79 Å². The summed E-state index contributed by atoms with van der Waals surface area (Å²) in [4.78, 5) is 12.3. The van der Waals surface area contributed by atoms with Crippen molar-refractivity contribution in [3.63, 3.8) is 0 Å². The van der Waals surface area contributed by atoms with Crippen molar-refractivity contribution in [1.82, 2.24) is 15.0 Å². The van der Waals surface area contributed by atoms with Crippen molar-refractivity contribution in [3.05, 3.63) is 68.9 Å². The molecule has 0 bridgehead atoms. The van der Waals surface area contributed by atoms with Gasteiger partial charge in [0, 0.05) is 9.50 Å². The predicted octanol–water partition coefficient (Wildman–Crippen LogP) is 4.59. The number of carbonyl (C=O) groups excluding carboxylic acids is 1. The first kappa shape index (κ1) is 16.0. The van der Waals surface area contributed by atoms with Crippen molar-refractivity contribution in [2.75, 3.05) is 5.32 Å². The number of nitrogens with zero attached hydrogens (tertiary/aromatic N) is 3. The first-order valence-electron chi connectivity index (χ1n) is 6.48. The van der Waals surface area contributed by atoms with Crippen LogP contribution >= 0.6 is 39.1 Å². The predicted molar refractivity (Wildman–Crippen MR) is 93.5 cm³/mol. The highest BCUT2D eigenvalue weighted by molar-refractivity contribution is 9.10. The Balaban J connectivity index is 1.83. The van der Waals surface area contributed by atoms with Crippen LogP contribution in [-0.2, 0) is 0 Å². The molecule has 0 unspecified atom stereocenters. The van der Waals surface area contributed by atoms with Crippen LogP contribution in [0.2, 0.25) is 10.0 Å². The molecule has 0 aliphatic rings. The molecule has 0 aliphatic carbocycles. The zero-order valence-electron chi connectivity index (χ0n) is 11.5. The summed E-state index contributed by atoms with van der Waals surface area (Å²) < 4.78 is 2.36. The number of hydrogen-bond donors (Lipinski definition) is 1. The lowest BCUT2D eigenvalue weighted by atomic mass is 10.3. The normalized spacial score (nSPS) is 10.6. The van der Waals surface area contributed by atoms with Crippen LogP contribution in [0.3, 0.4) is 0 Å². The fourth-order valence-electron chi connectivity index (χ4n) is 1.90. The lowest BCUT2D eigenvalue weighted by Gasteiger charge is -2.05. The number of benzene rings is 2. The van der Waals surface area contributed by atoms with Gasteiger partial charge in [0.2, 0.25) is 0 Å². The van der Waals surface area contributed by atoms with Crippen LogP contribution in [-0.4, -0.2) is 20.9 Å². The average Bonchev–Trinajstić information content (AvgIpc) is 3.00. The minimum atomic E-state index is -0.410. The number of amides is 1. The highest BCUT2D eigenvalue weighted by atomic mass is 79.9. The molecule has 0 saturated carbocycles. The molecule has 5 nitrogen and oxygen atoms in total. The first-order valence-corrected chi connectivity index (χ1v) is 8.03. The molecule has 2 aromatic carbocycles. The van der Waals surface area contributed by atoms with Crippen molar-refractivity contribution in [1.29, 1.82) is 0 Å². The van der Waals surface area contributed by atoms with Gasteiger partial charge in [-0.3, -0.25) is 4.79 Å². The van der Waals surface area contributed by atoms with Crippen molar-refractivity contribution in [3.8, 4) is 5.69 Å². The van der Waals surface area contributed by atoms with Crippen molar-refractivity contribution in [2.45, 2.75) is 0 Å². The molecule has 1 heterocycles. The van der Waals surface area contributed by atoms with Gasteiger partial charge in [-0.2, -0.15) is 0 Å². The Morgan fingerprint density at radius 2 is 1.96 bits per heavy atom. The Morgan fingerprint density at radius 3 is 2.70 bits per heavy atom. The maximum atomic E-state index is 12.3. The van der Waals surface area contributed by atoms with Crippen LogP contribution in [0.15, 0.2) is 53.1 Å². The molecule has 1 amide bonds. The van der Waals surface area contributed by atoms with Crippen molar-refractivity contribution in [2.24, 2.45) is 0 Å². The van der Waals surface area contributed by atoms with E-state index in [-0.39, 0.29) is 5.69 Å². The Morgan fingerprint density at radius 1 is 1.17 bits per heavy atom. The fraction of sp³-hybridized carbons (Fsp3) is 0. The summed E-state index contributed by atoms with van der Waals surface area (Å²) >= 11 is 15.3. The monoisotopic (exact) mass is 410 g/mol. The molecule has 0 saturated heterocycles. The Labute approximate surface area is 150 Å². The summed E-state index contributed by atoms with van der Waals surface area (Å²) in [6, 6.07) is 12.3. The van der Waals surface area contributed by atoms with Crippen LogP contribution < -0.4 is 5.32 Å². The smallest absolute Gasteiger partial charge is 0.277 e. The van der Waals surface area contributed by atoms with E-state index >= 15 is 0 Å². The summed E-state index contributed by atoms with van der Waals surface area (Å²) in [7, 11) is 0. The van der Waals surface area contributed by atoms with Crippen LogP contribution in [0.4, 0.5) is 5.69 Å². The molecule has 3 aromatic rings. The van der Waals surface area contributed by atoms with E-state index in [1.807, 2.05) is 24.3 Å². The standard InChI is InChI=1S/C15H9BrCl2N4O/c16-10-3-1-2-4-14(10)22-8-13(20-21-22)15(23)19-12-6-5-9(17)7-11(12)18/h1-8H,(H,19,23). The molecule has 0 fully saturated rings. The number of nitrogens with one attached hydrogen (secondary N) is 1. The summed E-state index contributed by atoms with van der Waals surface area (Å²) in [5, 5.41) is 11.4. The minimum absolute atomic E-state index is 0.173. The molecule has 3 rings (SSSR count). The number of anilines is 1. The number of halogens is 3. The quantitative estimate of drug-likeness (QED) is 0.685. The van der Waals surface area contributed by atoms with E-state index in [9.17, 15) is 4.79 Å². The summed E-state index contributed by atoms with van der Waals surface area (Å²) in [6.07, 6.45) is 1.54. The molecule has 0 aliphatic heterocycles. The van der Waals surface area contributed by atoms with Gasteiger partial charge < -0.3 is 5.32 Å². The average molecular weight is 412 g/mol. The van der Waals surface area contributed by atoms with E-state index in [1.54, 1.807) is 24.4 Å². The third kappa shape index (κ3) is 3.55. The zero-order valence-corrected chi connectivity index (χ0v) is 14.6. The van der Waals surface area contributed by atoms with Gasteiger partial charge >= 0.3 is 0 Å². The van der Waals surface area contributed by atoms with Gasteiger partial charge in [-0.1, -0.05) is 40.5 Å². The number of rotatable bonds is 3. The van der Waals surface area contributed by atoms with Gasteiger partial charge in [0.25, 0.3) is 5.91 Å². The number of para-hydroxylation sites is 1. The molecule has 23 heavy (non-hydrogen) atoms. The largest absolute Gasteiger partial charge is 0.319 e. The van der Waals surface area contributed by atoms with E-state index in [1.165, 1.54) is 4.68 Å². The highest BCUT2D eigenvalue weighted by Gasteiger charge is 2.14. The van der Waals surface area contributed by atoms with Gasteiger partial charge in [-0.15, -0.1) is 5.10 Å². The molecule has 8 heteroatoms. The minimum Gasteiger partial charge on any atom is -0.319 e. The Kier molecular flexibility index (Phi) is 4.66. The van der Waals surface area contributed by atoms with E-state index < -0.39 is 5.91 Å². The molecular formula is C15H9BrCl2N4O. The second-order valence-corrected chi connectivity index (χ2v) is 6.28. The van der Waals surface area contributed by atoms with E-state index in [0.717, 1.165) is 10.2 Å². The number of carbonyl (C=O) groups is 1. The number of aromatic nitrogens is 3. The van der Waals surface area contributed by atoms with Crippen LogP contribution in [0, 0.1) is 0 Å². The molecule has 0 radical (unpaired) electrons. The Bertz CT molecular complexity index is 881.